The number of hydrogen-bond acceptors (Lipinski definition) is 0. The van der Waals surface area contributed by atoms with E-state index in [9.17, 15) is 0 Å². The third kappa shape index (κ3) is 7.52. The van der Waals surface area contributed by atoms with E-state index in [2.05, 4.69) is 173 Å². The van der Waals surface area contributed by atoms with Crippen molar-refractivity contribution >= 4 is 6.48 Å². The summed E-state index contributed by atoms with van der Waals surface area (Å²) >= 11 is -2.98. The van der Waals surface area contributed by atoms with Gasteiger partial charge in [-0.3, -0.25) is 0 Å². The fourth-order valence-corrected chi connectivity index (χ4v) is 18.1. The summed E-state index contributed by atoms with van der Waals surface area (Å²) in [5.41, 5.74) is 15.3. The summed E-state index contributed by atoms with van der Waals surface area (Å²) in [6, 6.07) is 35.2. The fourth-order valence-electron chi connectivity index (χ4n) is 8.03. The molecule has 4 aromatic carbocycles. The van der Waals surface area contributed by atoms with Gasteiger partial charge in [-0.2, -0.15) is 0 Å². The number of hydrogen-bond donors (Lipinski definition) is 0. The van der Waals surface area contributed by atoms with Crippen molar-refractivity contribution in [1.29, 1.82) is 0 Å². The summed E-state index contributed by atoms with van der Waals surface area (Å²) in [7, 11) is 0. The van der Waals surface area contributed by atoms with Crippen LogP contribution in [0.1, 0.15) is 116 Å². The summed E-state index contributed by atoms with van der Waals surface area (Å²) in [6.45, 7) is 26.5. The minimum atomic E-state index is -2.98. The number of allylic oxidation sites excluding steroid dienone is 4. The first-order valence-electron chi connectivity index (χ1n) is 17.7. The van der Waals surface area contributed by atoms with E-state index in [0.717, 1.165) is 12.8 Å². The molecule has 2 aliphatic rings. The first kappa shape index (κ1) is 39.5. The predicted octanol–water partition coefficient (Wildman–Crippen LogP) is 5.66. The monoisotopic (exact) mass is 766 g/mol. The molecule has 1 atom stereocenters. The Labute approximate surface area is 317 Å². The van der Waals surface area contributed by atoms with Crippen LogP contribution in [-0.4, -0.2) is 3.21 Å². The molecular weight excluding hydrogens is 715 g/mol. The third-order valence-electron chi connectivity index (χ3n) is 10.3. The Morgan fingerprint density at radius 2 is 1.22 bits per heavy atom. The molecule has 256 valence electrons. The maximum absolute atomic E-state index is 2.98. The molecule has 0 fully saturated rings. The topological polar surface area (TPSA) is 0 Å². The Kier molecular flexibility index (Phi) is 11.9. The molecule has 0 aliphatic heterocycles. The zero-order chi connectivity index (χ0) is 33.9. The van der Waals surface area contributed by atoms with Crippen LogP contribution in [0.15, 0.2) is 111 Å². The van der Waals surface area contributed by atoms with Gasteiger partial charge in [0.2, 0.25) is 0 Å². The predicted molar refractivity (Wildman–Crippen MR) is 202 cm³/mol. The van der Waals surface area contributed by atoms with Crippen LogP contribution in [-0.2, 0) is 38.5 Å². The SMILES string of the molecule is CCC1=[C]([Zr+2](=[C](c2ccccc2)c2ccccc2)[c]2c(C(C)(C)C)ccc3c2Cc2cc(C(C)(C)C)ccc2-3)C(C)C=C1C(C)(C)C.[Cl-].[Cl-]. The standard InChI is InChI=1S/C21H25.C13H10.C12H19.2ClH.Zr/c1-20(2,3)16-7-9-18-14(12-16)11-15-13-17(21(4,5)6)8-10-19(15)18;1-3-7-12(8-4-1)11-13-9-5-2-6-10-13;1-6-10-7-9(2)8-11(10)12(3,4)5;;;/h7-10,12H,11H2,1-6H3;1-10H;8-9H,6H2,1-5H3;2*1H;/q;;;;;+2/p-2. The van der Waals surface area contributed by atoms with Crippen molar-refractivity contribution in [2.45, 2.75) is 99.8 Å². The zero-order valence-corrected chi connectivity index (χ0v) is 35.5. The Bertz CT molecular complexity index is 1880. The first-order valence-corrected chi connectivity index (χ1v) is 21.4. The maximum Gasteiger partial charge on any atom is -1.00 e. The van der Waals surface area contributed by atoms with Crippen LogP contribution in [0.5, 0.6) is 0 Å². The molecule has 4 aromatic rings. The molecule has 0 amide bonds. The summed E-state index contributed by atoms with van der Waals surface area (Å²) in [4.78, 5) is 0. The van der Waals surface area contributed by atoms with Crippen LogP contribution in [0.2, 0.25) is 0 Å². The first-order chi connectivity index (χ1) is 22.1. The molecule has 0 saturated carbocycles. The molecule has 2 aliphatic carbocycles. The van der Waals surface area contributed by atoms with E-state index in [1.54, 1.807) is 32.0 Å². The minimum Gasteiger partial charge on any atom is -1.00 e. The molecule has 6 rings (SSSR count). The second-order valence-corrected chi connectivity index (χ2v) is 22.5. The largest absolute Gasteiger partial charge is 1.00 e. The van der Waals surface area contributed by atoms with Crippen molar-refractivity contribution in [3.05, 3.63) is 145 Å². The van der Waals surface area contributed by atoms with Crippen molar-refractivity contribution in [3.8, 4) is 11.1 Å². The van der Waals surface area contributed by atoms with Gasteiger partial charge in [-0.25, -0.2) is 0 Å². The van der Waals surface area contributed by atoms with Crippen LogP contribution < -0.4 is 28.1 Å². The number of rotatable bonds is 5. The Morgan fingerprint density at radius 1 is 0.673 bits per heavy atom. The van der Waals surface area contributed by atoms with Gasteiger partial charge >= 0.3 is 295 Å². The van der Waals surface area contributed by atoms with Gasteiger partial charge in [0, 0.05) is 0 Å². The van der Waals surface area contributed by atoms with E-state index >= 15 is 0 Å². The molecule has 0 nitrogen and oxygen atoms in total. The summed E-state index contributed by atoms with van der Waals surface area (Å²) in [5, 5.41) is 0. The Morgan fingerprint density at radius 3 is 1.71 bits per heavy atom. The van der Waals surface area contributed by atoms with Gasteiger partial charge in [-0.15, -0.1) is 0 Å². The van der Waals surface area contributed by atoms with Gasteiger partial charge in [0.15, 0.2) is 0 Å². The zero-order valence-electron chi connectivity index (χ0n) is 31.5. The van der Waals surface area contributed by atoms with Crippen LogP contribution in [0.3, 0.4) is 0 Å². The average molecular weight is 769 g/mol. The van der Waals surface area contributed by atoms with Crippen molar-refractivity contribution in [2.24, 2.45) is 11.3 Å². The second-order valence-electron chi connectivity index (χ2n) is 16.9. The van der Waals surface area contributed by atoms with Gasteiger partial charge in [-0.05, 0) is 0 Å². The van der Waals surface area contributed by atoms with Gasteiger partial charge in [0.05, 0.1) is 0 Å². The van der Waals surface area contributed by atoms with E-state index in [-0.39, 0.29) is 41.1 Å². The van der Waals surface area contributed by atoms with Crippen molar-refractivity contribution in [3.63, 3.8) is 0 Å². The van der Waals surface area contributed by atoms with E-state index in [1.807, 2.05) is 0 Å². The fraction of sp³-hybridized carbons (Fsp3) is 0.370. The molecule has 0 N–H and O–H groups in total. The van der Waals surface area contributed by atoms with Gasteiger partial charge < -0.3 is 24.8 Å². The third-order valence-corrected chi connectivity index (χ3v) is 18.8. The minimum absolute atomic E-state index is 0. The van der Waals surface area contributed by atoms with Crippen LogP contribution in [0.25, 0.3) is 11.1 Å². The molecule has 49 heavy (non-hydrogen) atoms. The van der Waals surface area contributed by atoms with E-state index < -0.39 is 21.3 Å². The smallest absolute Gasteiger partial charge is 1.00 e. The van der Waals surface area contributed by atoms with Crippen molar-refractivity contribution in [2.75, 3.05) is 0 Å². The quantitative estimate of drug-likeness (QED) is 0.217. The Balaban J connectivity index is 0.00000270. The van der Waals surface area contributed by atoms with Gasteiger partial charge in [0.25, 0.3) is 0 Å². The Hall–Kier alpha value is -2.31. The van der Waals surface area contributed by atoms with Crippen LogP contribution in [0, 0.1) is 11.3 Å². The van der Waals surface area contributed by atoms with E-state index in [1.165, 1.54) is 33.4 Å². The summed E-state index contributed by atoms with van der Waals surface area (Å²) in [5.74, 6) is 0.427. The van der Waals surface area contributed by atoms with Crippen LogP contribution >= 0.6 is 0 Å². The molecule has 3 heteroatoms. The van der Waals surface area contributed by atoms with Crippen LogP contribution in [0.4, 0.5) is 0 Å². The number of halogens is 2. The van der Waals surface area contributed by atoms with Crippen molar-refractivity contribution in [1.82, 2.24) is 0 Å². The second kappa shape index (κ2) is 14.7. The average Bonchev–Trinajstić information content (AvgIpc) is 3.56. The molecule has 1 unspecified atom stereocenters. The molecule has 0 spiro atoms. The van der Waals surface area contributed by atoms with E-state index in [4.69, 9.17) is 0 Å². The molecule has 0 bridgehead atoms. The number of fused-ring (bicyclic) bond motifs is 3. The summed E-state index contributed by atoms with van der Waals surface area (Å²) in [6.07, 6.45) is 4.75. The van der Waals surface area contributed by atoms with Gasteiger partial charge in [0.1, 0.15) is 0 Å². The van der Waals surface area contributed by atoms with E-state index in [0.29, 0.717) is 5.92 Å². The molecule has 0 heterocycles. The summed E-state index contributed by atoms with van der Waals surface area (Å²) < 4.78 is 5.13. The molecular formula is C46H54Cl2Zr. The molecule has 0 aromatic heterocycles. The van der Waals surface area contributed by atoms with Gasteiger partial charge in [-0.1, -0.05) is 0 Å². The van der Waals surface area contributed by atoms with Crippen molar-refractivity contribution < 1.29 is 46.1 Å². The normalized spacial score (nSPS) is 15.4. The molecule has 0 saturated heterocycles. The molecule has 0 radical (unpaired) electrons. The number of benzene rings is 4. The maximum atomic E-state index is 2.65.